The number of para-hydroxylation sites is 1. The number of hydrogen-bond donors (Lipinski definition) is 1. The predicted molar refractivity (Wildman–Crippen MR) is 161 cm³/mol. The first-order valence-corrected chi connectivity index (χ1v) is 15.7. The Morgan fingerprint density at radius 2 is 1.52 bits per heavy atom. The highest BCUT2D eigenvalue weighted by Crippen LogP contribution is 2.20. The fourth-order valence-electron chi connectivity index (χ4n) is 4.60. The first kappa shape index (κ1) is 30.9. The molecule has 214 valence electrons. The summed E-state index contributed by atoms with van der Waals surface area (Å²) in [4.78, 5) is 29.2. The van der Waals surface area contributed by atoms with Crippen LogP contribution in [0.2, 0.25) is 0 Å². The molecule has 3 aromatic rings. The average Bonchev–Trinajstić information content (AvgIpc) is 2.93. The smallest absolute Gasteiger partial charge is 0.243 e. The van der Waals surface area contributed by atoms with Gasteiger partial charge in [0.25, 0.3) is 0 Å². The number of sulfonamides is 1. The summed E-state index contributed by atoms with van der Waals surface area (Å²) in [6.07, 6.45) is 2.74. The summed E-state index contributed by atoms with van der Waals surface area (Å²) >= 11 is 0. The van der Waals surface area contributed by atoms with E-state index in [-0.39, 0.29) is 37.4 Å². The fraction of sp³-hybridized carbons (Fsp3) is 0.375. The molecule has 0 spiro atoms. The molecule has 0 heterocycles. The molecule has 40 heavy (non-hydrogen) atoms. The van der Waals surface area contributed by atoms with Gasteiger partial charge in [-0.2, -0.15) is 0 Å². The van der Waals surface area contributed by atoms with Gasteiger partial charge in [-0.05, 0) is 49.9 Å². The van der Waals surface area contributed by atoms with Gasteiger partial charge in [-0.3, -0.25) is 13.9 Å². The van der Waals surface area contributed by atoms with Gasteiger partial charge in [0.15, 0.2) is 0 Å². The van der Waals surface area contributed by atoms with Crippen molar-refractivity contribution < 1.29 is 18.0 Å². The van der Waals surface area contributed by atoms with E-state index in [1.807, 2.05) is 81.4 Å². The molecule has 3 rings (SSSR count). The van der Waals surface area contributed by atoms with E-state index in [0.29, 0.717) is 18.5 Å². The number of nitrogens with zero attached hydrogens (tertiary/aromatic N) is 2. The second-order valence-electron chi connectivity index (χ2n) is 10.3. The molecule has 0 aliphatic heterocycles. The Bertz CT molecular complexity index is 1350. The van der Waals surface area contributed by atoms with Crippen LogP contribution < -0.4 is 9.62 Å². The molecule has 0 saturated heterocycles. The van der Waals surface area contributed by atoms with Gasteiger partial charge < -0.3 is 10.2 Å². The molecule has 0 bridgehead atoms. The van der Waals surface area contributed by atoms with Crippen molar-refractivity contribution in [2.24, 2.45) is 0 Å². The zero-order chi connectivity index (χ0) is 29.1. The summed E-state index contributed by atoms with van der Waals surface area (Å²) in [5, 5.41) is 3.08. The van der Waals surface area contributed by atoms with Crippen molar-refractivity contribution in [1.82, 2.24) is 10.2 Å². The van der Waals surface area contributed by atoms with Gasteiger partial charge in [-0.25, -0.2) is 8.42 Å². The van der Waals surface area contributed by atoms with E-state index >= 15 is 0 Å². The standard InChI is InChI=1S/C32H41N3O4S/c1-5-26(3)33-32(37)30(23-27-15-8-6-9-16-27)34(24-28-17-12-14-25(2)22-28)31(36)20-13-21-35(40(4,38)39)29-18-10-7-11-19-29/h6-12,14-19,22,26,30H,5,13,20-21,23-24H2,1-4H3,(H,33,37). The molecule has 1 N–H and O–H groups in total. The van der Waals surface area contributed by atoms with Crippen LogP contribution in [0.15, 0.2) is 84.9 Å². The minimum absolute atomic E-state index is 0.0316. The van der Waals surface area contributed by atoms with Gasteiger partial charge in [0, 0.05) is 32.0 Å². The Balaban J connectivity index is 1.88. The second kappa shape index (κ2) is 14.7. The number of nitrogens with one attached hydrogen (secondary N) is 1. The van der Waals surface area contributed by atoms with Crippen LogP contribution >= 0.6 is 0 Å². The van der Waals surface area contributed by atoms with Gasteiger partial charge in [0.05, 0.1) is 11.9 Å². The molecule has 0 fully saturated rings. The lowest BCUT2D eigenvalue weighted by Gasteiger charge is -2.33. The summed E-state index contributed by atoms with van der Waals surface area (Å²) in [5.74, 6) is -0.385. The molecule has 8 heteroatoms. The summed E-state index contributed by atoms with van der Waals surface area (Å²) in [6, 6.07) is 25.7. The van der Waals surface area contributed by atoms with E-state index in [0.717, 1.165) is 23.1 Å². The summed E-state index contributed by atoms with van der Waals surface area (Å²) in [7, 11) is -3.53. The lowest BCUT2D eigenvalue weighted by atomic mass is 10.0. The van der Waals surface area contributed by atoms with Crippen molar-refractivity contribution in [2.45, 2.75) is 65.1 Å². The number of rotatable bonds is 14. The van der Waals surface area contributed by atoms with E-state index in [1.54, 1.807) is 29.2 Å². The molecule has 0 aliphatic carbocycles. The van der Waals surface area contributed by atoms with E-state index in [4.69, 9.17) is 0 Å². The maximum absolute atomic E-state index is 13.9. The van der Waals surface area contributed by atoms with Crippen LogP contribution in [0.5, 0.6) is 0 Å². The van der Waals surface area contributed by atoms with Crippen molar-refractivity contribution in [1.29, 1.82) is 0 Å². The quantitative estimate of drug-likeness (QED) is 0.296. The topological polar surface area (TPSA) is 86.8 Å². The van der Waals surface area contributed by atoms with Crippen LogP contribution in [0, 0.1) is 6.92 Å². The third-order valence-electron chi connectivity index (χ3n) is 6.90. The molecule has 2 unspecified atom stereocenters. The van der Waals surface area contributed by atoms with Crippen LogP contribution in [-0.2, 0) is 32.6 Å². The Morgan fingerprint density at radius 1 is 0.900 bits per heavy atom. The minimum Gasteiger partial charge on any atom is -0.352 e. The van der Waals surface area contributed by atoms with Gasteiger partial charge in [-0.15, -0.1) is 0 Å². The van der Waals surface area contributed by atoms with Crippen molar-refractivity contribution in [3.05, 3.63) is 102 Å². The monoisotopic (exact) mass is 563 g/mol. The second-order valence-corrected chi connectivity index (χ2v) is 12.2. The van der Waals surface area contributed by atoms with Crippen molar-refractivity contribution >= 4 is 27.5 Å². The van der Waals surface area contributed by atoms with Gasteiger partial charge in [0.2, 0.25) is 21.8 Å². The molecule has 2 atom stereocenters. The molecule has 0 aromatic heterocycles. The molecule has 0 radical (unpaired) electrons. The highest BCUT2D eigenvalue weighted by Gasteiger charge is 2.31. The first-order valence-electron chi connectivity index (χ1n) is 13.8. The summed E-state index contributed by atoms with van der Waals surface area (Å²) < 4.78 is 26.4. The Labute approximate surface area is 239 Å². The molecule has 2 amide bonds. The Morgan fingerprint density at radius 3 is 2.12 bits per heavy atom. The third kappa shape index (κ3) is 9.23. The SMILES string of the molecule is CCC(C)NC(=O)C(Cc1ccccc1)N(Cc1cccc(C)c1)C(=O)CCCN(c1ccccc1)S(C)(=O)=O. The summed E-state index contributed by atoms with van der Waals surface area (Å²) in [5.41, 5.74) is 3.52. The molecule has 0 aliphatic rings. The predicted octanol–water partition coefficient (Wildman–Crippen LogP) is 5.10. The lowest BCUT2D eigenvalue weighted by Crippen LogP contribution is -2.52. The Hall–Kier alpha value is -3.65. The van der Waals surface area contributed by atoms with Crippen LogP contribution in [0.1, 0.15) is 49.8 Å². The number of aryl methyl sites for hydroxylation is 1. The zero-order valence-electron chi connectivity index (χ0n) is 23.9. The normalized spacial score (nSPS) is 12.8. The molecule has 3 aromatic carbocycles. The van der Waals surface area contributed by atoms with E-state index in [9.17, 15) is 18.0 Å². The first-order chi connectivity index (χ1) is 19.1. The third-order valence-corrected chi connectivity index (χ3v) is 8.10. The number of amides is 2. The molecular formula is C32H41N3O4S. The molecule has 7 nitrogen and oxygen atoms in total. The van der Waals surface area contributed by atoms with Crippen molar-refractivity contribution in [2.75, 3.05) is 17.1 Å². The zero-order valence-corrected chi connectivity index (χ0v) is 24.7. The van der Waals surface area contributed by atoms with Crippen LogP contribution in [0.3, 0.4) is 0 Å². The Kier molecular flexibility index (Phi) is 11.3. The number of hydrogen-bond acceptors (Lipinski definition) is 4. The maximum Gasteiger partial charge on any atom is 0.243 e. The largest absolute Gasteiger partial charge is 0.352 e. The molecular weight excluding hydrogens is 522 g/mol. The number of carbonyl (C=O) groups excluding carboxylic acids is 2. The lowest BCUT2D eigenvalue weighted by molar-refractivity contribution is -0.141. The maximum atomic E-state index is 13.9. The van der Waals surface area contributed by atoms with Crippen LogP contribution in [0.4, 0.5) is 5.69 Å². The number of carbonyl (C=O) groups is 2. The number of anilines is 1. The van der Waals surface area contributed by atoms with Crippen LogP contribution in [0.25, 0.3) is 0 Å². The van der Waals surface area contributed by atoms with E-state index < -0.39 is 16.1 Å². The van der Waals surface area contributed by atoms with Crippen LogP contribution in [-0.4, -0.2) is 50.0 Å². The summed E-state index contributed by atoms with van der Waals surface area (Å²) in [6.45, 7) is 6.40. The fourth-order valence-corrected chi connectivity index (χ4v) is 5.57. The highest BCUT2D eigenvalue weighted by atomic mass is 32.2. The average molecular weight is 564 g/mol. The minimum atomic E-state index is -3.53. The molecule has 0 saturated carbocycles. The van der Waals surface area contributed by atoms with Gasteiger partial charge >= 0.3 is 0 Å². The van der Waals surface area contributed by atoms with Gasteiger partial charge in [0.1, 0.15) is 6.04 Å². The van der Waals surface area contributed by atoms with Crippen molar-refractivity contribution in [3.63, 3.8) is 0 Å². The highest BCUT2D eigenvalue weighted by molar-refractivity contribution is 7.92. The van der Waals surface area contributed by atoms with E-state index in [2.05, 4.69) is 5.32 Å². The van der Waals surface area contributed by atoms with Crippen molar-refractivity contribution in [3.8, 4) is 0 Å². The number of benzene rings is 3. The van der Waals surface area contributed by atoms with Gasteiger partial charge in [-0.1, -0.05) is 85.3 Å². The van der Waals surface area contributed by atoms with E-state index in [1.165, 1.54) is 10.6 Å².